The van der Waals surface area contributed by atoms with Crippen LogP contribution in [0, 0.1) is 0 Å². The number of Topliss-reactive ketones (excluding diaryl/α,β-unsaturated/α-hetero) is 1. The van der Waals surface area contributed by atoms with Gasteiger partial charge in [0.15, 0.2) is 0 Å². The Balaban J connectivity index is 2.30. The summed E-state index contributed by atoms with van der Waals surface area (Å²) in [5, 5.41) is 0. The van der Waals surface area contributed by atoms with E-state index in [-0.39, 0.29) is 11.8 Å². The average molecular weight is 203 g/mol. The minimum Gasteiger partial charge on any atom is -0.298 e. The van der Waals surface area contributed by atoms with Crippen LogP contribution in [0.25, 0.3) is 0 Å². The molecule has 0 radical (unpaired) electrons. The van der Waals surface area contributed by atoms with Crippen molar-refractivity contribution in [1.82, 2.24) is 4.90 Å². The Hall–Kier alpha value is -1.15. The highest BCUT2D eigenvalue weighted by atomic mass is 16.1. The maximum Gasteiger partial charge on any atom is 0.147 e. The normalized spacial score (nSPS) is 21.1. The van der Waals surface area contributed by atoms with E-state index in [2.05, 4.69) is 36.1 Å². The van der Waals surface area contributed by atoms with Crippen LogP contribution in [0.3, 0.4) is 0 Å². The van der Waals surface area contributed by atoms with Crippen molar-refractivity contribution in [2.45, 2.75) is 32.9 Å². The lowest BCUT2D eigenvalue weighted by molar-refractivity contribution is -0.122. The molecule has 2 nitrogen and oxygen atoms in total. The largest absolute Gasteiger partial charge is 0.298 e. The van der Waals surface area contributed by atoms with Gasteiger partial charge in [-0.05, 0) is 31.0 Å². The summed E-state index contributed by atoms with van der Waals surface area (Å²) in [5.41, 5.74) is 2.71. The van der Waals surface area contributed by atoms with E-state index < -0.39 is 0 Å². The van der Waals surface area contributed by atoms with Crippen LogP contribution in [0.2, 0.25) is 0 Å². The van der Waals surface area contributed by atoms with E-state index >= 15 is 0 Å². The molecule has 80 valence electrons. The van der Waals surface area contributed by atoms with Crippen molar-refractivity contribution in [3.8, 4) is 0 Å². The number of benzene rings is 1. The van der Waals surface area contributed by atoms with E-state index in [1.54, 1.807) is 6.92 Å². The fraction of sp³-hybridized carbons (Fsp3) is 0.462. The number of rotatable bonds is 2. The summed E-state index contributed by atoms with van der Waals surface area (Å²) in [6, 6.07) is 8.51. The lowest BCUT2D eigenvalue weighted by Crippen LogP contribution is -2.44. The van der Waals surface area contributed by atoms with E-state index in [9.17, 15) is 4.79 Å². The Kier molecular flexibility index (Phi) is 2.87. The molecule has 0 N–H and O–H groups in total. The van der Waals surface area contributed by atoms with Gasteiger partial charge in [0, 0.05) is 6.54 Å². The van der Waals surface area contributed by atoms with Gasteiger partial charge in [-0.15, -0.1) is 0 Å². The molecule has 0 fully saturated rings. The lowest BCUT2D eigenvalue weighted by Gasteiger charge is -2.34. The first-order chi connectivity index (χ1) is 7.22. The first-order valence-electron chi connectivity index (χ1n) is 5.53. The summed E-state index contributed by atoms with van der Waals surface area (Å²) in [4.78, 5) is 13.8. The molecule has 0 amide bonds. The Morgan fingerprint density at radius 3 is 2.67 bits per heavy atom. The standard InChI is InChI=1S/C13H17NO/c1-3-14-9-12-7-5-4-6-11(12)8-13(14)10(2)15/h4-7,13H,3,8-9H2,1-2H3. The van der Waals surface area contributed by atoms with Gasteiger partial charge in [0.25, 0.3) is 0 Å². The van der Waals surface area contributed by atoms with Gasteiger partial charge in [-0.2, -0.15) is 0 Å². The molecule has 0 saturated heterocycles. The molecule has 2 heteroatoms. The summed E-state index contributed by atoms with van der Waals surface area (Å²) in [6.45, 7) is 5.67. The molecule has 1 aromatic rings. The SMILES string of the molecule is CCN1Cc2ccccc2CC1C(C)=O. The summed E-state index contributed by atoms with van der Waals surface area (Å²) in [6.07, 6.45) is 0.874. The van der Waals surface area contributed by atoms with E-state index in [0.717, 1.165) is 19.5 Å². The van der Waals surface area contributed by atoms with Gasteiger partial charge >= 0.3 is 0 Å². The molecule has 1 heterocycles. The zero-order valence-corrected chi connectivity index (χ0v) is 9.36. The predicted molar refractivity (Wildman–Crippen MR) is 60.7 cm³/mol. The van der Waals surface area contributed by atoms with Crippen molar-refractivity contribution in [2.75, 3.05) is 6.54 Å². The maximum absolute atomic E-state index is 11.5. The van der Waals surface area contributed by atoms with Crippen LogP contribution in [0.1, 0.15) is 25.0 Å². The zero-order chi connectivity index (χ0) is 10.8. The smallest absolute Gasteiger partial charge is 0.147 e. The predicted octanol–water partition coefficient (Wildman–Crippen LogP) is 2.02. The first-order valence-corrected chi connectivity index (χ1v) is 5.53. The Morgan fingerprint density at radius 2 is 2.07 bits per heavy atom. The Labute approximate surface area is 90.9 Å². The van der Waals surface area contributed by atoms with E-state index in [1.165, 1.54) is 11.1 Å². The number of ketones is 1. The molecular weight excluding hydrogens is 186 g/mol. The fourth-order valence-electron chi connectivity index (χ4n) is 2.31. The summed E-state index contributed by atoms with van der Waals surface area (Å²) in [5.74, 6) is 0.284. The van der Waals surface area contributed by atoms with Gasteiger partial charge in [-0.25, -0.2) is 0 Å². The molecule has 1 atom stereocenters. The summed E-state index contributed by atoms with van der Waals surface area (Å²) in [7, 11) is 0. The number of carbonyl (C=O) groups excluding carboxylic acids is 1. The second kappa shape index (κ2) is 4.15. The first kappa shape index (κ1) is 10.4. The maximum atomic E-state index is 11.5. The molecular formula is C13H17NO. The van der Waals surface area contributed by atoms with Gasteiger partial charge in [-0.3, -0.25) is 9.69 Å². The van der Waals surface area contributed by atoms with Gasteiger partial charge in [0.05, 0.1) is 6.04 Å². The molecule has 2 rings (SSSR count). The number of hydrogen-bond acceptors (Lipinski definition) is 2. The van der Waals surface area contributed by atoms with Crippen LogP contribution in [0.15, 0.2) is 24.3 Å². The van der Waals surface area contributed by atoms with Crippen molar-refractivity contribution in [2.24, 2.45) is 0 Å². The fourth-order valence-corrected chi connectivity index (χ4v) is 2.31. The van der Waals surface area contributed by atoms with Crippen LogP contribution in [0.4, 0.5) is 0 Å². The Morgan fingerprint density at radius 1 is 1.40 bits per heavy atom. The van der Waals surface area contributed by atoms with Gasteiger partial charge < -0.3 is 0 Å². The van der Waals surface area contributed by atoms with E-state index in [0.29, 0.717) is 0 Å². The summed E-state index contributed by atoms with van der Waals surface area (Å²) < 4.78 is 0. The highest BCUT2D eigenvalue weighted by molar-refractivity contribution is 5.82. The van der Waals surface area contributed by atoms with Crippen LogP contribution in [0.5, 0.6) is 0 Å². The van der Waals surface area contributed by atoms with Gasteiger partial charge in [0.1, 0.15) is 5.78 Å². The lowest BCUT2D eigenvalue weighted by atomic mass is 9.92. The average Bonchev–Trinajstić information content (AvgIpc) is 2.27. The molecule has 0 saturated carbocycles. The molecule has 0 bridgehead atoms. The van der Waals surface area contributed by atoms with Crippen LogP contribution >= 0.6 is 0 Å². The van der Waals surface area contributed by atoms with E-state index in [1.807, 2.05) is 0 Å². The molecule has 0 aliphatic carbocycles. The van der Waals surface area contributed by atoms with Gasteiger partial charge in [0.2, 0.25) is 0 Å². The van der Waals surface area contributed by atoms with Crippen molar-refractivity contribution in [1.29, 1.82) is 0 Å². The highest BCUT2D eigenvalue weighted by Crippen LogP contribution is 2.23. The zero-order valence-electron chi connectivity index (χ0n) is 9.36. The van der Waals surface area contributed by atoms with Crippen LogP contribution in [-0.4, -0.2) is 23.3 Å². The van der Waals surface area contributed by atoms with Crippen LogP contribution in [-0.2, 0) is 17.8 Å². The number of likely N-dealkylation sites (N-methyl/N-ethyl adjacent to an activating group) is 1. The molecule has 15 heavy (non-hydrogen) atoms. The molecule has 1 unspecified atom stereocenters. The van der Waals surface area contributed by atoms with E-state index in [4.69, 9.17) is 0 Å². The minimum atomic E-state index is 0.0879. The number of fused-ring (bicyclic) bond motifs is 1. The third-order valence-corrected chi connectivity index (χ3v) is 3.22. The van der Waals surface area contributed by atoms with Crippen molar-refractivity contribution in [3.05, 3.63) is 35.4 Å². The number of nitrogens with zero attached hydrogens (tertiary/aromatic N) is 1. The monoisotopic (exact) mass is 203 g/mol. The molecule has 1 aliphatic rings. The molecule has 1 aromatic carbocycles. The topological polar surface area (TPSA) is 20.3 Å². The Bertz CT molecular complexity index is 373. The highest BCUT2D eigenvalue weighted by Gasteiger charge is 2.27. The number of carbonyl (C=O) groups is 1. The van der Waals surface area contributed by atoms with Crippen molar-refractivity contribution in [3.63, 3.8) is 0 Å². The molecule has 0 aromatic heterocycles. The quantitative estimate of drug-likeness (QED) is 0.733. The number of hydrogen-bond donors (Lipinski definition) is 0. The summed E-state index contributed by atoms with van der Waals surface area (Å²) >= 11 is 0. The van der Waals surface area contributed by atoms with Crippen molar-refractivity contribution < 1.29 is 4.79 Å². The third-order valence-electron chi connectivity index (χ3n) is 3.22. The molecule has 0 spiro atoms. The van der Waals surface area contributed by atoms with Crippen LogP contribution < -0.4 is 0 Å². The van der Waals surface area contributed by atoms with Gasteiger partial charge in [-0.1, -0.05) is 31.2 Å². The third kappa shape index (κ3) is 1.95. The second-order valence-electron chi connectivity index (χ2n) is 4.16. The molecule has 1 aliphatic heterocycles. The van der Waals surface area contributed by atoms with Crippen molar-refractivity contribution >= 4 is 5.78 Å². The minimum absolute atomic E-state index is 0.0879. The second-order valence-corrected chi connectivity index (χ2v) is 4.16.